The van der Waals surface area contributed by atoms with Gasteiger partial charge in [0, 0.05) is 5.69 Å². The number of hydrogen-bond acceptors (Lipinski definition) is 4. The summed E-state index contributed by atoms with van der Waals surface area (Å²) >= 11 is 0. The first-order valence-corrected chi connectivity index (χ1v) is 8.77. The van der Waals surface area contributed by atoms with Crippen molar-refractivity contribution >= 4 is 17.6 Å². The monoisotopic (exact) mass is 355 g/mol. The van der Waals surface area contributed by atoms with Crippen molar-refractivity contribution in [3.05, 3.63) is 59.2 Å². The van der Waals surface area contributed by atoms with Crippen LogP contribution in [0.2, 0.25) is 0 Å². The van der Waals surface area contributed by atoms with Crippen LogP contribution in [0.3, 0.4) is 0 Å². The Balaban J connectivity index is 1.86. The molecule has 0 aliphatic rings. The Morgan fingerprint density at radius 1 is 1.00 bits per heavy atom. The second-order valence-corrected chi connectivity index (χ2v) is 6.12. The van der Waals surface area contributed by atoms with Crippen LogP contribution in [0, 0.1) is 13.8 Å². The largest absolute Gasteiger partial charge is 0.483 e. The highest BCUT2D eigenvalue weighted by Crippen LogP contribution is 2.22. The maximum atomic E-state index is 12.1. The second-order valence-electron chi connectivity index (χ2n) is 6.12. The number of amides is 1. The number of aryl methyl sites for hydroxylation is 2. The van der Waals surface area contributed by atoms with Gasteiger partial charge in [-0.3, -0.25) is 4.79 Å². The van der Waals surface area contributed by atoms with Crippen molar-refractivity contribution < 1.29 is 19.1 Å². The summed E-state index contributed by atoms with van der Waals surface area (Å²) in [7, 11) is 0. The first-order valence-electron chi connectivity index (χ1n) is 8.77. The van der Waals surface area contributed by atoms with Gasteiger partial charge >= 0.3 is 5.97 Å². The minimum atomic E-state index is -0.352. The summed E-state index contributed by atoms with van der Waals surface area (Å²) in [5.41, 5.74) is 3.04. The number of carbonyl (C=O) groups excluding carboxylic acids is 2. The second kappa shape index (κ2) is 9.61. The average molecular weight is 355 g/mol. The van der Waals surface area contributed by atoms with Crippen molar-refractivity contribution in [2.24, 2.45) is 0 Å². The number of carbonyl (C=O) groups is 2. The van der Waals surface area contributed by atoms with Crippen molar-refractivity contribution in [2.45, 2.75) is 33.6 Å². The number of unbranched alkanes of at least 4 members (excludes halogenated alkanes) is 1. The molecule has 0 aliphatic heterocycles. The number of ether oxygens (including phenoxy) is 2. The molecule has 0 radical (unpaired) electrons. The molecule has 0 fully saturated rings. The molecular weight excluding hydrogens is 330 g/mol. The summed E-state index contributed by atoms with van der Waals surface area (Å²) in [6.07, 6.45) is 1.82. The van der Waals surface area contributed by atoms with Crippen LogP contribution < -0.4 is 10.1 Å². The van der Waals surface area contributed by atoms with Crippen LogP contribution in [0.1, 0.15) is 41.3 Å². The zero-order chi connectivity index (χ0) is 18.9. The number of nitrogens with one attached hydrogen (secondary N) is 1. The summed E-state index contributed by atoms with van der Waals surface area (Å²) in [6.45, 7) is 6.27. The topological polar surface area (TPSA) is 64.6 Å². The quantitative estimate of drug-likeness (QED) is 0.567. The molecule has 0 saturated heterocycles. The molecule has 5 nitrogen and oxygen atoms in total. The van der Waals surface area contributed by atoms with E-state index in [1.54, 1.807) is 24.3 Å². The number of para-hydroxylation sites is 1. The van der Waals surface area contributed by atoms with Crippen LogP contribution in [0.5, 0.6) is 5.75 Å². The summed E-state index contributed by atoms with van der Waals surface area (Å²) in [6, 6.07) is 12.5. The lowest BCUT2D eigenvalue weighted by Crippen LogP contribution is -2.20. The Morgan fingerprint density at radius 3 is 2.27 bits per heavy atom. The van der Waals surface area contributed by atoms with Gasteiger partial charge in [0.05, 0.1) is 12.2 Å². The zero-order valence-electron chi connectivity index (χ0n) is 15.5. The number of rotatable bonds is 8. The molecule has 26 heavy (non-hydrogen) atoms. The highest BCUT2D eigenvalue weighted by molar-refractivity contribution is 5.93. The van der Waals surface area contributed by atoms with Gasteiger partial charge in [-0.05, 0) is 55.7 Å². The standard InChI is InChI=1S/C21H25NO4/c1-4-5-13-25-21(24)17-9-11-18(12-10-17)22-19(23)14-26-20-15(2)7-6-8-16(20)3/h6-12H,4-5,13-14H2,1-3H3,(H,22,23). The highest BCUT2D eigenvalue weighted by atomic mass is 16.5. The SMILES string of the molecule is CCCCOC(=O)c1ccc(NC(=O)COc2c(C)cccc2C)cc1. The van der Waals surface area contributed by atoms with Gasteiger partial charge in [-0.15, -0.1) is 0 Å². The Labute approximate surface area is 154 Å². The fourth-order valence-corrected chi connectivity index (χ4v) is 2.44. The van der Waals surface area contributed by atoms with Gasteiger partial charge in [0.15, 0.2) is 6.61 Å². The van der Waals surface area contributed by atoms with E-state index in [9.17, 15) is 9.59 Å². The van der Waals surface area contributed by atoms with Crippen molar-refractivity contribution in [1.82, 2.24) is 0 Å². The average Bonchev–Trinajstić information content (AvgIpc) is 2.62. The van der Waals surface area contributed by atoms with Crippen LogP contribution in [0.4, 0.5) is 5.69 Å². The summed E-state index contributed by atoms with van der Waals surface area (Å²) in [5.74, 6) is 0.119. The molecule has 0 heterocycles. The number of hydrogen-bond donors (Lipinski definition) is 1. The smallest absolute Gasteiger partial charge is 0.338 e. The molecule has 1 N–H and O–H groups in total. The molecule has 138 valence electrons. The van der Waals surface area contributed by atoms with Crippen molar-refractivity contribution in [2.75, 3.05) is 18.5 Å². The number of anilines is 1. The highest BCUT2D eigenvalue weighted by Gasteiger charge is 2.09. The fourth-order valence-electron chi connectivity index (χ4n) is 2.44. The number of esters is 1. The Hall–Kier alpha value is -2.82. The maximum Gasteiger partial charge on any atom is 0.338 e. The third-order valence-corrected chi connectivity index (χ3v) is 3.89. The maximum absolute atomic E-state index is 12.1. The van der Waals surface area contributed by atoms with Crippen LogP contribution >= 0.6 is 0 Å². The molecule has 0 aliphatic carbocycles. The van der Waals surface area contributed by atoms with Gasteiger partial charge in [0.25, 0.3) is 5.91 Å². The molecule has 0 bridgehead atoms. The Bertz CT molecular complexity index is 733. The Kier molecular flexibility index (Phi) is 7.21. The normalized spacial score (nSPS) is 10.3. The van der Waals surface area contributed by atoms with Gasteiger partial charge < -0.3 is 14.8 Å². The van der Waals surface area contributed by atoms with Crippen molar-refractivity contribution in [3.63, 3.8) is 0 Å². The molecule has 0 spiro atoms. The molecule has 0 saturated carbocycles. The first kappa shape index (κ1) is 19.5. The lowest BCUT2D eigenvalue weighted by atomic mass is 10.1. The zero-order valence-corrected chi connectivity index (χ0v) is 15.5. The van der Waals surface area contributed by atoms with E-state index < -0.39 is 0 Å². The van der Waals surface area contributed by atoms with Gasteiger partial charge in [0.1, 0.15) is 5.75 Å². The molecule has 5 heteroatoms. The summed E-state index contributed by atoms with van der Waals surface area (Å²) in [5, 5.41) is 2.75. The minimum absolute atomic E-state index is 0.0769. The van der Waals surface area contributed by atoms with E-state index in [0.29, 0.717) is 17.9 Å². The van der Waals surface area contributed by atoms with E-state index in [-0.39, 0.29) is 18.5 Å². The van der Waals surface area contributed by atoms with E-state index in [1.807, 2.05) is 39.0 Å². The molecule has 2 aromatic rings. The van der Waals surface area contributed by atoms with Gasteiger partial charge in [-0.1, -0.05) is 31.5 Å². The predicted molar refractivity (Wildman–Crippen MR) is 102 cm³/mol. The van der Waals surface area contributed by atoms with Gasteiger partial charge in [-0.2, -0.15) is 0 Å². The van der Waals surface area contributed by atoms with Crippen LogP contribution in [0.25, 0.3) is 0 Å². The third kappa shape index (κ3) is 5.62. The number of benzene rings is 2. The minimum Gasteiger partial charge on any atom is -0.483 e. The van der Waals surface area contributed by atoms with Gasteiger partial charge in [0.2, 0.25) is 0 Å². The van der Waals surface area contributed by atoms with E-state index in [4.69, 9.17) is 9.47 Å². The summed E-state index contributed by atoms with van der Waals surface area (Å²) < 4.78 is 10.8. The van der Waals surface area contributed by atoms with Crippen LogP contribution in [-0.4, -0.2) is 25.1 Å². The molecule has 1 amide bonds. The first-order chi connectivity index (χ1) is 12.5. The van der Waals surface area contributed by atoms with E-state index in [2.05, 4.69) is 5.32 Å². The lowest BCUT2D eigenvalue weighted by molar-refractivity contribution is -0.118. The van der Waals surface area contributed by atoms with E-state index in [0.717, 1.165) is 29.7 Å². The summed E-state index contributed by atoms with van der Waals surface area (Å²) in [4.78, 5) is 23.9. The van der Waals surface area contributed by atoms with E-state index in [1.165, 1.54) is 0 Å². The predicted octanol–water partition coefficient (Wildman–Crippen LogP) is 4.28. The van der Waals surface area contributed by atoms with Crippen LogP contribution in [-0.2, 0) is 9.53 Å². The fraction of sp³-hybridized carbons (Fsp3) is 0.333. The van der Waals surface area contributed by atoms with E-state index >= 15 is 0 Å². The molecule has 0 aromatic heterocycles. The molecule has 2 aromatic carbocycles. The van der Waals surface area contributed by atoms with Gasteiger partial charge in [-0.25, -0.2) is 4.79 Å². The van der Waals surface area contributed by atoms with Crippen molar-refractivity contribution in [1.29, 1.82) is 0 Å². The molecule has 0 unspecified atom stereocenters. The molecule has 2 rings (SSSR count). The molecular formula is C21H25NO4. The molecule has 0 atom stereocenters. The third-order valence-electron chi connectivity index (χ3n) is 3.89. The lowest BCUT2D eigenvalue weighted by Gasteiger charge is -2.12. The van der Waals surface area contributed by atoms with Crippen LogP contribution in [0.15, 0.2) is 42.5 Å². The Morgan fingerprint density at radius 2 is 1.65 bits per heavy atom. The van der Waals surface area contributed by atoms with Crippen molar-refractivity contribution in [3.8, 4) is 5.75 Å².